The van der Waals surface area contributed by atoms with Crippen LogP contribution in [-0.2, 0) is 9.48 Å². The molecule has 2 aliphatic rings. The molecule has 2 aliphatic heterocycles. The molecule has 1 aromatic carbocycles. The van der Waals surface area contributed by atoms with E-state index < -0.39 is 35.1 Å². The number of halogens is 3. The van der Waals surface area contributed by atoms with Gasteiger partial charge in [-0.1, -0.05) is 11.8 Å². The first-order valence-electron chi connectivity index (χ1n) is 7.96. The van der Waals surface area contributed by atoms with Crippen LogP contribution in [-0.4, -0.2) is 41.1 Å². The smallest absolute Gasteiger partial charge is 0.154 e. The molecule has 26 heavy (non-hydrogen) atoms. The largest absolute Gasteiger partial charge is 0.379 e. The van der Waals surface area contributed by atoms with Gasteiger partial charge in [0.2, 0.25) is 0 Å². The van der Waals surface area contributed by atoms with Gasteiger partial charge in [0, 0.05) is 47.6 Å². The molecule has 0 amide bonds. The Balaban J connectivity index is 1.88. The second kappa shape index (κ2) is 6.55. The SMILES string of the molecule is NC1=NC[C@H]2[C@@H](CF)OC[C@]2(c2cc(-c3cncnc3)c(F)cc2F)S1. The van der Waals surface area contributed by atoms with Crippen molar-refractivity contribution in [3.63, 3.8) is 0 Å². The van der Waals surface area contributed by atoms with Gasteiger partial charge in [0.25, 0.3) is 0 Å². The zero-order chi connectivity index (χ0) is 18.3. The molecule has 0 saturated carbocycles. The van der Waals surface area contributed by atoms with Crippen molar-refractivity contribution in [2.24, 2.45) is 16.6 Å². The quantitative estimate of drug-likeness (QED) is 0.886. The molecule has 1 fully saturated rings. The number of benzene rings is 1. The molecule has 3 heterocycles. The van der Waals surface area contributed by atoms with Crippen LogP contribution < -0.4 is 5.73 Å². The second-order valence-corrected chi connectivity index (χ2v) is 7.57. The zero-order valence-electron chi connectivity index (χ0n) is 13.5. The Morgan fingerprint density at radius 3 is 2.73 bits per heavy atom. The molecule has 2 N–H and O–H groups in total. The van der Waals surface area contributed by atoms with Gasteiger partial charge in [-0.2, -0.15) is 0 Å². The third-order valence-electron chi connectivity index (χ3n) is 4.83. The summed E-state index contributed by atoms with van der Waals surface area (Å²) >= 11 is 1.14. The van der Waals surface area contributed by atoms with E-state index in [4.69, 9.17) is 10.5 Å². The molecule has 0 bridgehead atoms. The van der Waals surface area contributed by atoms with E-state index in [2.05, 4.69) is 15.0 Å². The van der Waals surface area contributed by atoms with Gasteiger partial charge in [0.1, 0.15) is 24.6 Å². The van der Waals surface area contributed by atoms with Crippen LogP contribution in [0.2, 0.25) is 0 Å². The van der Waals surface area contributed by atoms with Crippen molar-refractivity contribution < 1.29 is 17.9 Å². The summed E-state index contributed by atoms with van der Waals surface area (Å²) in [5.41, 5.74) is 6.69. The van der Waals surface area contributed by atoms with E-state index in [1.54, 1.807) is 0 Å². The molecule has 9 heteroatoms. The number of hydrogen-bond acceptors (Lipinski definition) is 6. The van der Waals surface area contributed by atoms with Crippen molar-refractivity contribution in [3.05, 3.63) is 48.1 Å². The summed E-state index contributed by atoms with van der Waals surface area (Å²) in [6.07, 6.45) is 3.52. The standard InChI is InChI=1S/C17H15F3N4OS/c18-3-15-12-6-24-16(21)26-17(12,7-25-15)11-1-10(13(19)2-14(11)20)9-4-22-8-23-5-9/h1-2,4-5,8,12,15H,3,6-7H2,(H2,21,24)/t12-,15+,17+/m0/s1. The lowest BCUT2D eigenvalue weighted by atomic mass is 9.83. The van der Waals surface area contributed by atoms with Gasteiger partial charge in [-0.15, -0.1) is 0 Å². The van der Waals surface area contributed by atoms with Crippen molar-refractivity contribution in [1.29, 1.82) is 0 Å². The lowest BCUT2D eigenvalue weighted by Crippen LogP contribution is -2.42. The third-order valence-corrected chi connectivity index (χ3v) is 6.17. The van der Waals surface area contributed by atoms with Crippen molar-refractivity contribution in [1.82, 2.24) is 9.97 Å². The fraction of sp³-hybridized carbons (Fsp3) is 0.353. The van der Waals surface area contributed by atoms with Crippen LogP contribution in [0.25, 0.3) is 11.1 Å². The van der Waals surface area contributed by atoms with Crippen molar-refractivity contribution in [3.8, 4) is 11.1 Å². The van der Waals surface area contributed by atoms with Crippen molar-refractivity contribution >= 4 is 16.9 Å². The number of rotatable bonds is 3. The van der Waals surface area contributed by atoms with Gasteiger partial charge in [-0.25, -0.2) is 23.1 Å². The van der Waals surface area contributed by atoms with Crippen LogP contribution in [0.1, 0.15) is 5.56 Å². The minimum atomic E-state index is -0.954. The summed E-state index contributed by atoms with van der Waals surface area (Å²) in [6.45, 7) is -0.404. The molecule has 2 aromatic rings. The van der Waals surface area contributed by atoms with Gasteiger partial charge in [-0.3, -0.25) is 4.99 Å². The second-order valence-electron chi connectivity index (χ2n) is 6.22. The molecule has 3 atom stereocenters. The molecule has 1 saturated heterocycles. The number of nitrogens with two attached hydrogens (primary N) is 1. The minimum absolute atomic E-state index is 0.0699. The molecular formula is C17H15F3N4OS. The Morgan fingerprint density at radius 2 is 2.00 bits per heavy atom. The molecular weight excluding hydrogens is 365 g/mol. The Morgan fingerprint density at radius 1 is 1.23 bits per heavy atom. The number of aliphatic imine (C=N–C) groups is 1. The highest BCUT2D eigenvalue weighted by atomic mass is 32.2. The average Bonchev–Trinajstić information content (AvgIpc) is 3.01. The fourth-order valence-corrected chi connectivity index (χ4v) is 4.83. The number of hydrogen-bond donors (Lipinski definition) is 1. The van der Waals surface area contributed by atoms with Crippen molar-refractivity contribution in [2.75, 3.05) is 19.8 Å². The van der Waals surface area contributed by atoms with E-state index in [1.165, 1.54) is 24.8 Å². The minimum Gasteiger partial charge on any atom is -0.379 e. The summed E-state index contributed by atoms with van der Waals surface area (Å²) in [5, 5.41) is 0.276. The predicted molar refractivity (Wildman–Crippen MR) is 92.3 cm³/mol. The molecule has 0 radical (unpaired) electrons. The lowest BCUT2D eigenvalue weighted by molar-refractivity contribution is 0.0701. The molecule has 0 unspecified atom stereocenters. The summed E-state index contributed by atoms with van der Waals surface area (Å²) < 4.78 is 47.2. The number of amidine groups is 1. The zero-order valence-corrected chi connectivity index (χ0v) is 14.3. The first-order valence-corrected chi connectivity index (χ1v) is 8.78. The number of alkyl halides is 1. The fourth-order valence-electron chi connectivity index (χ4n) is 3.55. The molecule has 1 aromatic heterocycles. The van der Waals surface area contributed by atoms with Gasteiger partial charge >= 0.3 is 0 Å². The Labute approximate surface area is 151 Å². The first-order chi connectivity index (χ1) is 12.5. The molecule has 0 aliphatic carbocycles. The van der Waals surface area contributed by atoms with Gasteiger partial charge in [0.05, 0.1) is 17.5 Å². The predicted octanol–water partition coefficient (Wildman–Crippen LogP) is 2.66. The molecule has 0 spiro atoms. The van der Waals surface area contributed by atoms with Crippen LogP contribution in [0, 0.1) is 17.6 Å². The average molecular weight is 380 g/mol. The molecule has 5 nitrogen and oxygen atoms in total. The Kier molecular flexibility index (Phi) is 4.36. The van der Waals surface area contributed by atoms with E-state index in [0.717, 1.165) is 17.8 Å². The van der Waals surface area contributed by atoms with E-state index in [1.807, 2.05) is 0 Å². The topological polar surface area (TPSA) is 73.4 Å². The van der Waals surface area contributed by atoms with E-state index >= 15 is 0 Å². The summed E-state index contributed by atoms with van der Waals surface area (Å²) in [5.74, 6) is -1.85. The maximum atomic E-state index is 14.8. The number of ether oxygens (including phenoxy) is 1. The van der Waals surface area contributed by atoms with E-state index in [9.17, 15) is 13.2 Å². The maximum Gasteiger partial charge on any atom is 0.154 e. The highest BCUT2D eigenvalue weighted by molar-refractivity contribution is 8.14. The summed E-state index contributed by atoms with van der Waals surface area (Å²) in [4.78, 5) is 11.9. The summed E-state index contributed by atoms with van der Waals surface area (Å²) in [7, 11) is 0. The first kappa shape index (κ1) is 17.3. The maximum absolute atomic E-state index is 14.8. The van der Waals surface area contributed by atoms with E-state index in [-0.39, 0.29) is 29.4 Å². The molecule has 136 valence electrons. The third kappa shape index (κ3) is 2.66. The van der Waals surface area contributed by atoms with Crippen LogP contribution >= 0.6 is 11.8 Å². The Bertz CT molecular complexity index is 867. The van der Waals surface area contributed by atoms with E-state index in [0.29, 0.717) is 5.56 Å². The number of fused-ring (bicyclic) bond motifs is 1. The normalized spacial score (nSPS) is 27.9. The monoisotopic (exact) mass is 380 g/mol. The number of nitrogens with zero attached hydrogens (tertiary/aromatic N) is 3. The van der Waals surface area contributed by atoms with Crippen molar-refractivity contribution in [2.45, 2.75) is 10.9 Å². The summed E-state index contributed by atoms with van der Waals surface area (Å²) in [6, 6.07) is 2.25. The highest BCUT2D eigenvalue weighted by Crippen LogP contribution is 2.53. The van der Waals surface area contributed by atoms with Crippen LogP contribution in [0.4, 0.5) is 13.2 Å². The van der Waals surface area contributed by atoms with Crippen LogP contribution in [0.15, 0.2) is 35.8 Å². The highest BCUT2D eigenvalue weighted by Gasteiger charge is 2.55. The van der Waals surface area contributed by atoms with Gasteiger partial charge < -0.3 is 10.5 Å². The van der Waals surface area contributed by atoms with Gasteiger partial charge in [0.15, 0.2) is 5.17 Å². The number of aromatic nitrogens is 2. The number of thioether (sulfide) groups is 1. The molecule has 4 rings (SSSR count). The lowest BCUT2D eigenvalue weighted by Gasteiger charge is -2.37. The Hall–Kier alpha value is -2.13. The van der Waals surface area contributed by atoms with Gasteiger partial charge in [-0.05, 0) is 6.07 Å². The van der Waals surface area contributed by atoms with Crippen LogP contribution in [0.5, 0.6) is 0 Å². The van der Waals surface area contributed by atoms with Crippen LogP contribution in [0.3, 0.4) is 0 Å².